The Morgan fingerprint density at radius 3 is 2.36 bits per heavy atom. The Kier molecular flexibility index (Phi) is 7.14. The molecule has 0 aliphatic carbocycles. The number of fused-ring (bicyclic) bond motifs is 8. The minimum Gasteiger partial charge on any atom is -0.469 e. The third-order valence-electron chi connectivity index (χ3n) is 9.56. The molecule has 2 atom stereocenters. The molecule has 0 aromatic carbocycles. The molecule has 3 aliphatic rings. The van der Waals surface area contributed by atoms with E-state index in [1.54, 1.807) is 0 Å². The largest absolute Gasteiger partial charge is 0.469 e. The lowest BCUT2D eigenvalue weighted by Gasteiger charge is -2.24. The average Bonchev–Trinajstić information content (AvgIpc) is 3.68. The molecule has 0 radical (unpaired) electrons. The molecule has 0 fully saturated rings. The van der Waals surface area contributed by atoms with E-state index in [4.69, 9.17) is 14.7 Å². The van der Waals surface area contributed by atoms with Crippen molar-refractivity contribution in [3.05, 3.63) is 75.4 Å². The number of methoxy groups -OCH3 is 1. The molecule has 8 bridgehead atoms. The van der Waals surface area contributed by atoms with Gasteiger partial charge in [-0.25, -0.2) is 4.98 Å². The van der Waals surface area contributed by atoms with Gasteiger partial charge in [0.1, 0.15) is 0 Å². The van der Waals surface area contributed by atoms with Gasteiger partial charge in [-0.15, -0.1) is 0 Å². The second-order valence-corrected chi connectivity index (χ2v) is 11.9. The first kappa shape index (κ1) is 29.3. The van der Waals surface area contributed by atoms with Crippen LogP contribution < -0.4 is 0 Å². The van der Waals surface area contributed by atoms with Crippen molar-refractivity contribution in [3.8, 4) is 0 Å². The number of H-pyrrole nitrogens is 2. The lowest BCUT2D eigenvalue weighted by molar-refractivity contribution is -0.140. The highest BCUT2D eigenvalue weighted by Crippen LogP contribution is 2.44. The Hall–Kier alpha value is -4.79. The highest BCUT2D eigenvalue weighted by Gasteiger charge is 2.39. The van der Waals surface area contributed by atoms with Gasteiger partial charge < -0.3 is 14.7 Å². The van der Waals surface area contributed by atoms with E-state index >= 15 is 0 Å². The number of rotatable bonds is 5. The number of nitrogens with one attached hydrogen (secondary N) is 2. The number of hydrogen-bond donors (Lipinski definition) is 2. The maximum absolute atomic E-state index is 13.9. The predicted molar refractivity (Wildman–Crippen MR) is 172 cm³/mol. The number of aromatic nitrogens is 4. The molecule has 3 aromatic heterocycles. The number of imide groups is 1. The van der Waals surface area contributed by atoms with Crippen LogP contribution in [0.2, 0.25) is 0 Å². The molecule has 1 unspecified atom stereocenters. The molecule has 0 spiro atoms. The number of ether oxygens (including phenoxy) is 1. The van der Waals surface area contributed by atoms with Crippen LogP contribution in [-0.4, -0.2) is 56.8 Å². The zero-order valence-electron chi connectivity index (χ0n) is 26.3. The summed E-state index contributed by atoms with van der Waals surface area (Å²) in [6.45, 7) is 14.3. The topological polar surface area (TPSA) is 121 Å². The molecular weight excluding hydrogens is 554 g/mol. The molecule has 6 heterocycles. The second-order valence-electron chi connectivity index (χ2n) is 11.9. The number of amides is 2. The van der Waals surface area contributed by atoms with Crippen molar-refractivity contribution in [2.45, 2.75) is 65.7 Å². The summed E-state index contributed by atoms with van der Waals surface area (Å²) in [7, 11) is 2.88. The second kappa shape index (κ2) is 10.7. The van der Waals surface area contributed by atoms with Crippen molar-refractivity contribution in [1.82, 2.24) is 24.8 Å². The monoisotopic (exact) mass is 591 g/mol. The number of allylic oxidation sites excluding steroid dienone is 2. The number of carbonyl (C=O) groups is 3. The summed E-state index contributed by atoms with van der Waals surface area (Å²) < 4.78 is 4.95. The highest BCUT2D eigenvalue weighted by molar-refractivity contribution is 6.23. The van der Waals surface area contributed by atoms with Crippen molar-refractivity contribution < 1.29 is 19.1 Å². The third-order valence-corrected chi connectivity index (χ3v) is 9.56. The summed E-state index contributed by atoms with van der Waals surface area (Å²) in [6.07, 6.45) is 3.24. The Bertz CT molecular complexity index is 1990. The van der Waals surface area contributed by atoms with E-state index in [9.17, 15) is 14.4 Å². The van der Waals surface area contributed by atoms with Gasteiger partial charge in [0.05, 0.1) is 40.8 Å². The first-order valence-corrected chi connectivity index (χ1v) is 15.0. The normalized spacial score (nSPS) is 17.8. The minimum atomic E-state index is -0.424. The Balaban J connectivity index is 1.81. The average molecular weight is 592 g/mol. The number of aryl methyl sites for hydroxylation is 2. The van der Waals surface area contributed by atoms with Gasteiger partial charge in [0.25, 0.3) is 11.8 Å². The quantitative estimate of drug-likeness (QED) is 0.244. The standard InChI is InChI=1S/C35H37N5O4/c1-9-20-16(3)23-13-25-18(5)22(11-12-29(41)44-8)32(38-25)31-33-30(34(42)40(7)35(31)43)19(6)26(39-33)15-28-21(10-2)17(4)24(37-28)14-27(20)36-23/h9,13-15,18,22,36,39H,1,10-12H2,2-8H3/t18?,22-/m0/s1. The number of carbonyl (C=O) groups excluding carboxylic acids is 3. The number of esters is 1. The smallest absolute Gasteiger partial charge is 0.305 e. The van der Waals surface area contributed by atoms with Gasteiger partial charge in [0.2, 0.25) is 0 Å². The molecule has 2 N–H and O–H groups in total. The van der Waals surface area contributed by atoms with Crippen molar-refractivity contribution in [3.63, 3.8) is 0 Å². The molecule has 6 rings (SSSR count). The zero-order chi connectivity index (χ0) is 31.6. The summed E-state index contributed by atoms with van der Waals surface area (Å²) in [6, 6.07) is 6.05. The zero-order valence-corrected chi connectivity index (χ0v) is 26.3. The van der Waals surface area contributed by atoms with Crippen LogP contribution in [0, 0.1) is 13.8 Å². The van der Waals surface area contributed by atoms with Crippen molar-refractivity contribution in [1.29, 1.82) is 0 Å². The lowest BCUT2D eigenvalue weighted by Crippen LogP contribution is -2.37. The van der Waals surface area contributed by atoms with Gasteiger partial charge in [0, 0.05) is 53.1 Å². The van der Waals surface area contributed by atoms with Crippen molar-refractivity contribution in [2.75, 3.05) is 14.2 Å². The summed E-state index contributed by atoms with van der Waals surface area (Å²) in [5.41, 5.74) is 11.7. The number of aromatic amines is 2. The fourth-order valence-corrected chi connectivity index (χ4v) is 6.85. The van der Waals surface area contributed by atoms with E-state index in [-0.39, 0.29) is 30.1 Å². The summed E-state index contributed by atoms with van der Waals surface area (Å²) in [5.74, 6) is -1.49. The lowest BCUT2D eigenvalue weighted by atomic mass is 9.84. The Morgan fingerprint density at radius 1 is 1.00 bits per heavy atom. The molecular formula is C35H37N5O4. The fourth-order valence-electron chi connectivity index (χ4n) is 6.85. The first-order chi connectivity index (χ1) is 21.0. The van der Waals surface area contributed by atoms with Crippen LogP contribution in [0.3, 0.4) is 0 Å². The van der Waals surface area contributed by atoms with Crippen LogP contribution in [-0.2, 0) is 9.53 Å². The molecule has 226 valence electrons. The molecule has 2 amide bonds. The Labute approximate surface area is 256 Å². The first-order valence-electron chi connectivity index (χ1n) is 15.0. The predicted octanol–water partition coefficient (Wildman–Crippen LogP) is 6.98. The summed E-state index contributed by atoms with van der Waals surface area (Å²) >= 11 is 0. The summed E-state index contributed by atoms with van der Waals surface area (Å²) in [5, 5.41) is 0. The minimum absolute atomic E-state index is 0.116. The van der Waals surface area contributed by atoms with Crippen LogP contribution in [0.15, 0.2) is 24.8 Å². The van der Waals surface area contributed by atoms with Crippen molar-refractivity contribution in [2.24, 2.45) is 0 Å². The number of nitrogens with zero attached hydrogens (tertiary/aromatic N) is 3. The van der Waals surface area contributed by atoms with Crippen LogP contribution in [0.25, 0.3) is 39.3 Å². The van der Waals surface area contributed by atoms with Crippen LogP contribution in [0.4, 0.5) is 0 Å². The van der Waals surface area contributed by atoms with Crippen LogP contribution in [0.1, 0.15) is 112 Å². The van der Waals surface area contributed by atoms with Crippen LogP contribution in [0.5, 0.6) is 0 Å². The number of hydrogen-bond acceptors (Lipinski definition) is 6. The van der Waals surface area contributed by atoms with E-state index in [0.717, 1.165) is 67.3 Å². The van der Waals surface area contributed by atoms with E-state index in [1.807, 2.05) is 32.1 Å². The molecule has 9 heteroatoms. The molecule has 3 aliphatic heterocycles. The van der Waals surface area contributed by atoms with Gasteiger partial charge in [-0.2, -0.15) is 0 Å². The third kappa shape index (κ3) is 4.32. The van der Waals surface area contributed by atoms with Gasteiger partial charge in [-0.05, 0) is 74.1 Å². The molecule has 44 heavy (non-hydrogen) atoms. The van der Waals surface area contributed by atoms with E-state index in [0.29, 0.717) is 34.3 Å². The molecule has 3 aromatic rings. The van der Waals surface area contributed by atoms with Crippen LogP contribution >= 0.6 is 0 Å². The van der Waals surface area contributed by atoms with E-state index in [1.165, 1.54) is 14.2 Å². The fraction of sp³-hybridized carbons (Fsp3) is 0.343. The SMILES string of the molecule is C=Cc1c(C)c2cc3nc(c4c5[nH]c(cc6nc(cc1[nH]2)C(C)=C6CC)c(C)c5C(=O)N(C)C4=O)[C@@H](CCC(=O)OC)C3C. The van der Waals surface area contributed by atoms with Gasteiger partial charge in [-0.1, -0.05) is 26.5 Å². The van der Waals surface area contributed by atoms with E-state index < -0.39 is 5.91 Å². The van der Waals surface area contributed by atoms with E-state index in [2.05, 4.69) is 43.4 Å². The highest BCUT2D eigenvalue weighted by atomic mass is 16.5. The molecule has 0 saturated carbocycles. The maximum Gasteiger partial charge on any atom is 0.305 e. The van der Waals surface area contributed by atoms with Gasteiger partial charge in [0.15, 0.2) is 0 Å². The van der Waals surface area contributed by atoms with Gasteiger partial charge in [-0.3, -0.25) is 24.3 Å². The van der Waals surface area contributed by atoms with Gasteiger partial charge >= 0.3 is 5.97 Å². The molecule has 0 saturated heterocycles. The maximum atomic E-state index is 13.9. The Morgan fingerprint density at radius 2 is 1.68 bits per heavy atom. The molecule has 9 nitrogen and oxygen atoms in total. The van der Waals surface area contributed by atoms with Crippen molar-refractivity contribution >= 4 is 57.1 Å². The summed E-state index contributed by atoms with van der Waals surface area (Å²) in [4.78, 5) is 58.1.